The second-order valence-corrected chi connectivity index (χ2v) is 4.00. The lowest BCUT2D eigenvalue weighted by atomic mass is 10.1. The summed E-state index contributed by atoms with van der Waals surface area (Å²) in [5.41, 5.74) is 6.77. The minimum Gasteiger partial charge on any atom is -0.464 e. The number of pyridine rings is 1. The van der Waals surface area contributed by atoms with E-state index in [0.717, 1.165) is 12.8 Å². The number of nitrogens with zero attached hydrogens (tertiary/aromatic N) is 4. The average molecular weight is 275 g/mol. The Morgan fingerprint density at radius 2 is 1.75 bits per heavy atom. The van der Waals surface area contributed by atoms with E-state index in [1.165, 1.54) is 5.56 Å². The molecule has 0 aliphatic heterocycles. The van der Waals surface area contributed by atoms with Crippen LogP contribution in [0.25, 0.3) is 0 Å². The molecule has 7 nitrogen and oxygen atoms in total. The molecule has 2 N–H and O–H groups in total. The number of nitrogens with two attached hydrogens (primary N) is 1. The number of rotatable bonds is 7. The van der Waals surface area contributed by atoms with E-state index >= 15 is 0 Å². The zero-order chi connectivity index (χ0) is 14.2. The van der Waals surface area contributed by atoms with Gasteiger partial charge in [-0.25, -0.2) is 0 Å². The SMILES string of the molecule is CCOc1nc(N)nc(OCCCc2ccncc2)n1. The molecule has 106 valence electrons. The highest BCUT2D eigenvalue weighted by atomic mass is 16.5. The van der Waals surface area contributed by atoms with Gasteiger partial charge in [-0.3, -0.25) is 4.98 Å². The van der Waals surface area contributed by atoms with Gasteiger partial charge in [0.05, 0.1) is 13.2 Å². The third-order valence-corrected chi connectivity index (χ3v) is 2.48. The van der Waals surface area contributed by atoms with Crippen LogP contribution < -0.4 is 15.2 Å². The molecular formula is C13H17N5O2. The highest BCUT2D eigenvalue weighted by molar-refractivity contribution is 5.20. The molecule has 2 heterocycles. The monoisotopic (exact) mass is 275 g/mol. The van der Waals surface area contributed by atoms with Crippen molar-refractivity contribution in [3.8, 4) is 12.0 Å². The highest BCUT2D eigenvalue weighted by Gasteiger charge is 2.06. The predicted octanol–water partition coefficient (Wildman–Crippen LogP) is 1.26. The van der Waals surface area contributed by atoms with Crippen LogP contribution >= 0.6 is 0 Å². The molecule has 0 radical (unpaired) electrons. The molecule has 0 saturated heterocycles. The zero-order valence-electron chi connectivity index (χ0n) is 11.3. The number of aryl methyl sites for hydroxylation is 1. The molecule has 0 atom stereocenters. The smallest absolute Gasteiger partial charge is 0.324 e. The average Bonchev–Trinajstić information content (AvgIpc) is 2.45. The summed E-state index contributed by atoms with van der Waals surface area (Å²) >= 11 is 0. The van der Waals surface area contributed by atoms with E-state index in [9.17, 15) is 0 Å². The molecule has 2 aromatic rings. The first kappa shape index (κ1) is 14.0. The van der Waals surface area contributed by atoms with E-state index in [1.54, 1.807) is 12.4 Å². The molecule has 0 bridgehead atoms. The van der Waals surface area contributed by atoms with E-state index in [2.05, 4.69) is 19.9 Å². The number of aromatic nitrogens is 4. The van der Waals surface area contributed by atoms with Gasteiger partial charge >= 0.3 is 12.0 Å². The van der Waals surface area contributed by atoms with Gasteiger partial charge in [-0.2, -0.15) is 9.97 Å². The summed E-state index contributed by atoms with van der Waals surface area (Å²) in [6.07, 6.45) is 5.30. The zero-order valence-corrected chi connectivity index (χ0v) is 11.3. The normalized spacial score (nSPS) is 10.2. The molecule has 0 spiro atoms. The van der Waals surface area contributed by atoms with E-state index in [-0.39, 0.29) is 18.0 Å². The molecule has 0 amide bonds. The van der Waals surface area contributed by atoms with Gasteiger partial charge < -0.3 is 15.2 Å². The lowest BCUT2D eigenvalue weighted by Gasteiger charge is -2.06. The van der Waals surface area contributed by atoms with Gasteiger partial charge in [0.25, 0.3) is 0 Å². The molecule has 0 aliphatic rings. The number of anilines is 1. The van der Waals surface area contributed by atoms with E-state index in [1.807, 2.05) is 19.1 Å². The van der Waals surface area contributed by atoms with Crippen LogP contribution in [0.3, 0.4) is 0 Å². The second kappa shape index (κ2) is 7.22. The Balaban J connectivity index is 1.81. The van der Waals surface area contributed by atoms with Crippen LogP contribution in [0.1, 0.15) is 18.9 Å². The first-order chi connectivity index (χ1) is 9.78. The number of hydrogen-bond donors (Lipinski definition) is 1. The van der Waals surface area contributed by atoms with Gasteiger partial charge in [0.1, 0.15) is 0 Å². The molecule has 0 fully saturated rings. The van der Waals surface area contributed by atoms with Gasteiger partial charge in [-0.05, 0) is 37.5 Å². The fourth-order valence-electron chi connectivity index (χ4n) is 1.60. The number of nitrogen functional groups attached to an aromatic ring is 1. The van der Waals surface area contributed by atoms with Crippen molar-refractivity contribution < 1.29 is 9.47 Å². The lowest BCUT2D eigenvalue weighted by Crippen LogP contribution is -2.08. The highest BCUT2D eigenvalue weighted by Crippen LogP contribution is 2.11. The molecule has 20 heavy (non-hydrogen) atoms. The lowest BCUT2D eigenvalue weighted by molar-refractivity contribution is 0.266. The van der Waals surface area contributed by atoms with Crippen LogP contribution in [0, 0.1) is 0 Å². The largest absolute Gasteiger partial charge is 0.464 e. The van der Waals surface area contributed by atoms with Gasteiger partial charge in [0, 0.05) is 12.4 Å². The minimum absolute atomic E-state index is 0.0904. The van der Waals surface area contributed by atoms with Crippen molar-refractivity contribution in [1.29, 1.82) is 0 Å². The van der Waals surface area contributed by atoms with Gasteiger partial charge in [0.2, 0.25) is 5.95 Å². The maximum absolute atomic E-state index is 5.56. The third-order valence-electron chi connectivity index (χ3n) is 2.48. The third kappa shape index (κ3) is 4.34. The summed E-state index contributed by atoms with van der Waals surface area (Å²) in [7, 11) is 0. The maximum Gasteiger partial charge on any atom is 0.324 e. The van der Waals surface area contributed by atoms with Crippen molar-refractivity contribution in [2.75, 3.05) is 18.9 Å². The summed E-state index contributed by atoms with van der Waals surface area (Å²) in [4.78, 5) is 15.7. The van der Waals surface area contributed by atoms with E-state index < -0.39 is 0 Å². The molecule has 0 unspecified atom stereocenters. The van der Waals surface area contributed by atoms with Crippen molar-refractivity contribution in [1.82, 2.24) is 19.9 Å². The topological polar surface area (TPSA) is 96.0 Å². The quantitative estimate of drug-likeness (QED) is 0.760. The first-order valence-electron chi connectivity index (χ1n) is 6.44. The fourth-order valence-corrected chi connectivity index (χ4v) is 1.60. The Morgan fingerprint density at radius 1 is 1.05 bits per heavy atom. The Kier molecular flexibility index (Phi) is 5.05. The molecule has 7 heteroatoms. The van der Waals surface area contributed by atoms with Crippen LogP contribution in [-0.2, 0) is 6.42 Å². The fraction of sp³-hybridized carbons (Fsp3) is 0.385. The van der Waals surface area contributed by atoms with Crippen molar-refractivity contribution in [2.24, 2.45) is 0 Å². The van der Waals surface area contributed by atoms with E-state index in [4.69, 9.17) is 15.2 Å². The number of hydrogen-bond acceptors (Lipinski definition) is 7. The van der Waals surface area contributed by atoms with Gasteiger partial charge in [-0.1, -0.05) is 0 Å². The van der Waals surface area contributed by atoms with Crippen LogP contribution in [0.2, 0.25) is 0 Å². The van der Waals surface area contributed by atoms with Crippen molar-refractivity contribution in [3.63, 3.8) is 0 Å². The van der Waals surface area contributed by atoms with E-state index in [0.29, 0.717) is 13.2 Å². The number of ether oxygens (including phenoxy) is 2. The first-order valence-corrected chi connectivity index (χ1v) is 6.44. The van der Waals surface area contributed by atoms with Crippen molar-refractivity contribution in [3.05, 3.63) is 30.1 Å². The van der Waals surface area contributed by atoms with Crippen LogP contribution in [0.15, 0.2) is 24.5 Å². The molecule has 2 aromatic heterocycles. The Morgan fingerprint density at radius 3 is 2.45 bits per heavy atom. The molecule has 2 rings (SSSR count). The maximum atomic E-state index is 5.56. The standard InChI is InChI=1S/C13H17N5O2/c1-2-19-12-16-11(14)17-13(18-12)20-9-3-4-10-5-7-15-8-6-10/h5-8H,2-4,9H2,1H3,(H2,14,16,17,18). The Labute approximate surface area is 117 Å². The summed E-state index contributed by atoms with van der Waals surface area (Å²) < 4.78 is 10.6. The summed E-state index contributed by atoms with van der Waals surface area (Å²) in [5, 5.41) is 0. The summed E-state index contributed by atoms with van der Waals surface area (Å²) in [6, 6.07) is 4.34. The van der Waals surface area contributed by atoms with Gasteiger partial charge in [-0.15, -0.1) is 4.98 Å². The second-order valence-electron chi connectivity index (χ2n) is 4.00. The molecule has 0 aliphatic carbocycles. The minimum atomic E-state index is 0.0904. The Bertz CT molecular complexity index is 536. The van der Waals surface area contributed by atoms with Gasteiger partial charge in [0.15, 0.2) is 0 Å². The molecule has 0 saturated carbocycles. The van der Waals surface area contributed by atoms with Crippen LogP contribution in [0.4, 0.5) is 5.95 Å². The van der Waals surface area contributed by atoms with Crippen LogP contribution in [0.5, 0.6) is 12.0 Å². The summed E-state index contributed by atoms with van der Waals surface area (Å²) in [6.45, 7) is 2.80. The molecule has 0 aromatic carbocycles. The van der Waals surface area contributed by atoms with Crippen molar-refractivity contribution >= 4 is 5.95 Å². The Hall–Kier alpha value is -2.44. The predicted molar refractivity (Wildman–Crippen MR) is 73.5 cm³/mol. The van der Waals surface area contributed by atoms with Crippen LogP contribution in [-0.4, -0.2) is 33.1 Å². The molecular weight excluding hydrogens is 258 g/mol. The van der Waals surface area contributed by atoms with Crippen molar-refractivity contribution in [2.45, 2.75) is 19.8 Å². The summed E-state index contributed by atoms with van der Waals surface area (Å²) in [5.74, 6) is 0.0904.